The Morgan fingerprint density at radius 1 is 1.35 bits per heavy atom. The van der Waals surface area contributed by atoms with Crippen molar-refractivity contribution in [2.45, 2.75) is 40.2 Å². The zero-order valence-electron chi connectivity index (χ0n) is 12.9. The lowest BCUT2D eigenvalue weighted by molar-refractivity contribution is 0.174. The average Bonchev–Trinajstić information content (AvgIpc) is 2.41. The first-order chi connectivity index (χ1) is 9.51. The second-order valence-corrected chi connectivity index (χ2v) is 5.17. The summed E-state index contributed by atoms with van der Waals surface area (Å²) in [4.78, 5) is 13.9. The number of aryl methyl sites for hydroxylation is 1. The van der Waals surface area contributed by atoms with Gasteiger partial charge in [0.05, 0.1) is 12.6 Å². The highest BCUT2D eigenvalue weighted by Crippen LogP contribution is 2.20. The number of nitrogens with zero attached hydrogens (tertiary/aromatic N) is 1. The van der Waals surface area contributed by atoms with Crippen molar-refractivity contribution in [1.82, 2.24) is 10.2 Å². The predicted octanol–water partition coefficient (Wildman–Crippen LogP) is 2.78. The van der Waals surface area contributed by atoms with E-state index in [1.54, 1.807) is 4.90 Å². The molecule has 0 saturated carbocycles. The first kappa shape index (κ1) is 16.5. The third kappa shape index (κ3) is 4.23. The van der Waals surface area contributed by atoms with Crippen molar-refractivity contribution in [2.75, 3.05) is 19.7 Å². The summed E-state index contributed by atoms with van der Waals surface area (Å²) in [7, 11) is 0. The molecule has 0 fully saturated rings. The topological polar surface area (TPSA) is 52.6 Å². The summed E-state index contributed by atoms with van der Waals surface area (Å²) in [6.45, 7) is 9.18. The molecule has 0 heterocycles. The Bertz CT molecular complexity index is 440. The molecule has 0 aliphatic carbocycles. The lowest BCUT2D eigenvalue weighted by Gasteiger charge is -2.25. The molecule has 1 atom stereocenters. The smallest absolute Gasteiger partial charge is 0.317 e. The van der Waals surface area contributed by atoms with Crippen molar-refractivity contribution < 1.29 is 9.90 Å². The van der Waals surface area contributed by atoms with E-state index >= 15 is 0 Å². The Hall–Kier alpha value is -1.55. The molecule has 1 aromatic rings. The van der Waals surface area contributed by atoms with Crippen LogP contribution in [0, 0.1) is 13.8 Å². The number of hydrogen-bond donors (Lipinski definition) is 2. The Kier molecular flexibility index (Phi) is 6.52. The summed E-state index contributed by atoms with van der Waals surface area (Å²) in [6.07, 6.45) is 0.880. The van der Waals surface area contributed by atoms with E-state index in [1.807, 2.05) is 26.0 Å². The van der Waals surface area contributed by atoms with Gasteiger partial charge in [0.2, 0.25) is 0 Å². The summed E-state index contributed by atoms with van der Waals surface area (Å²) in [5.74, 6) is 0. The molecule has 0 aliphatic heterocycles. The van der Waals surface area contributed by atoms with E-state index in [2.05, 4.69) is 25.2 Å². The van der Waals surface area contributed by atoms with E-state index in [0.29, 0.717) is 13.1 Å². The number of rotatable bonds is 6. The summed E-state index contributed by atoms with van der Waals surface area (Å²) in [6, 6.07) is 5.97. The molecule has 1 rings (SSSR count). The highest BCUT2D eigenvalue weighted by molar-refractivity contribution is 5.74. The fraction of sp³-hybridized carbons (Fsp3) is 0.562. The Morgan fingerprint density at radius 3 is 2.65 bits per heavy atom. The molecule has 0 aliphatic rings. The third-order valence-corrected chi connectivity index (χ3v) is 3.60. The minimum absolute atomic E-state index is 0.00866. The molecule has 0 saturated heterocycles. The lowest BCUT2D eigenvalue weighted by Crippen LogP contribution is -2.43. The molecule has 0 aromatic heterocycles. The maximum absolute atomic E-state index is 12.2. The van der Waals surface area contributed by atoms with Crippen LogP contribution in [0.1, 0.15) is 43.0 Å². The van der Waals surface area contributed by atoms with Gasteiger partial charge in [-0.25, -0.2) is 4.79 Å². The molecule has 2 N–H and O–H groups in total. The van der Waals surface area contributed by atoms with E-state index < -0.39 is 0 Å². The highest BCUT2D eigenvalue weighted by Gasteiger charge is 2.16. The second kappa shape index (κ2) is 7.90. The monoisotopic (exact) mass is 278 g/mol. The SMILES string of the molecule is CCCN(CCO)C(=O)NC(C)c1cccc(C)c1C. The molecule has 4 heteroatoms. The van der Waals surface area contributed by atoms with E-state index in [9.17, 15) is 4.79 Å². The van der Waals surface area contributed by atoms with Gasteiger partial charge in [0.15, 0.2) is 0 Å². The first-order valence-corrected chi connectivity index (χ1v) is 7.23. The standard InChI is InChI=1S/C16H26N2O2/c1-5-9-18(10-11-19)16(20)17-14(4)15-8-6-7-12(2)13(15)3/h6-8,14,19H,5,9-11H2,1-4H3,(H,17,20). The number of nitrogens with one attached hydrogen (secondary N) is 1. The van der Waals surface area contributed by atoms with Gasteiger partial charge in [-0.05, 0) is 43.9 Å². The molecule has 0 spiro atoms. The van der Waals surface area contributed by atoms with E-state index in [4.69, 9.17) is 5.11 Å². The number of carbonyl (C=O) groups is 1. The number of carbonyl (C=O) groups excluding carboxylic acids is 1. The molecule has 20 heavy (non-hydrogen) atoms. The van der Waals surface area contributed by atoms with Crippen LogP contribution in [0.15, 0.2) is 18.2 Å². The van der Waals surface area contributed by atoms with E-state index in [-0.39, 0.29) is 18.7 Å². The zero-order valence-corrected chi connectivity index (χ0v) is 12.9. The quantitative estimate of drug-likeness (QED) is 0.840. The minimum atomic E-state index is -0.116. The van der Waals surface area contributed by atoms with E-state index in [0.717, 1.165) is 12.0 Å². The molecular weight excluding hydrogens is 252 g/mol. The van der Waals surface area contributed by atoms with Crippen molar-refractivity contribution in [1.29, 1.82) is 0 Å². The number of aliphatic hydroxyl groups is 1. The van der Waals surface area contributed by atoms with Gasteiger partial charge in [-0.3, -0.25) is 0 Å². The number of amides is 2. The Morgan fingerprint density at radius 2 is 2.05 bits per heavy atom. The largest absolute Gasteiger partial charge is 0.395 e. The molecule has 2 amide bonds. The van der Waals surface area contributed by atoms with Crippen molar-refractivity contribution in [3.8, 4) is 0 Å². The van der Waals surface area contributed by atoms with Crippen LogP contribution in [0.25, 0.3) is 0 Å². The lowest BCUT2D eigenvalue weighted by atomic mass is 9.98. The van der Waals surface area contributed by atoms with Crippen LogP contribution in [0.2, 0.25) is 0 Å². The van der Waals surface area contributed by atoms with Crippen molar-refractivity contribution in [2.24, 2.45) is 0 Å². The van der Waals surface area contributed by atoms with Crippen molar-refractivity contribution in [3.63, 3.8) is 0 Å². The van der Waals surface area contributed by atoms with Gasteiger partial charge in [0.25, 0.3) is 0 Å². The van der Waals surface area contributed by atoms with Gasteiger partial charge in [-0.2, -0.15) is 0 Å². The van der Waals surface area contributed by atoms with Crippen molar-refractivity contribution >= 4 is 6.03 Å². The molecule has 0 bridgehead atoms. The van der Waals surface area contributed by atoms with Gasteiger partial charge >= 0.3 is 6.03 Å². The van der Waals surface area contributed by atoms with E-state index in [1.165, 1.54) is 11.1 Å². The van der Waals surface area contributed by atoms with Crippen LogP contribution in [-0.4, -0.2) is 35.7 Å². The maximum atomic E-state index is 12.2. The van der Waals surface area contributed by atoms with Gasteiger partial charge in [0.1, 0.15) is 0 Å². The maximum Gasteiger partial charge on any atom is 0.317 e. The van der Waals surface area contributed by atoms with Crippen molar-refractivity contribution in [3.05, 3.63) is 34.9 Å². The molecular formula is C16H26N2O2. The Balaban J connectivity index is 2.75. The van der Waals surface area contributed by atoms with Crippen LogP contribution >= 0.6 is 0 Å². The summed E-state index contributed by atoms with van der Waals surface area (Å²) in [5, 5.41) is 12.0. The van der Waals surface area contributed by atoms with Crippen LogP contribution < -0.4 is 5.32 Å². The van der Waals surface area contributed by atoms with Crippen LogP contribution in [0.3, 0.4) is 0 Å². The number of hydrogen-bond acceptors (Lipinski definition) is 2. The van der Waals surface area contributed by atoms with Gasteiger partial charge in [-0.15, -0.1) is 0 Å². The fourth-order valence-electron chi connectivity index (χ4n) is 2.30. The zero-order chi connectivity index (χ0) is 15.1. The number of urea groups is 1. The van der Waals surface area contributed by atoms with Gasteiger partial charge in [-0.1, -0.05) is 25.1 Å². The number of benzene rings is 1. The van der Waals surface area contributed by atoms with Gasteiger partial charge < -0.3 is 15.3 Å². The molecule has 1 unspecified atom stereocenters. The first-order valence-electron chi connectivity index (χ1n) is 7.23. The minimum Gasteiger partial charge on any atom is -0.395 e. The average molecular weight is 278 g/mol. The number of aliphatic hydroxyl groups excluding tert-OH is 1. The molecule has 4 nitrogen and oxygen atoms in total. The molecule has 112 valence electrons. The van der Waals surface area contributed by atoms with Crippen LogP contribution in [0.5, 0.6) is 0 Å². The Labute approximate surface area is 121 Å². The van der Waals surface area contributed by atoms with Crippen LogP contribution in [-0.2, 0) is 0 Å². The normalized spacial score (nSPS) is 12.1. The summed E-state index contributed by atoms with van der Waals surface area (Å²) >= 11 is 0. The van der Waals surface area contributed by atoms with Crippen LogP contribution in [0.4, 0.5) is 4.79 Å². The van der Waals surface area contributed by atoms with Gasteiger partial charge in [0, 0.05) is 13.1 Å². The molecule has 1 aromatic carbocycles. The summed E-state index contributed by atoms with van der Waals surface area (Å²) in [5.41, 5.74) is 3.58. The predicted molar refractivity (Wildman–Crippen MR) is 81.8 cm³/mol. The highest BCUT2D eigenvalue weighted by atomic mass is 16.3. The second-order valence-electron chi connectivity index (χ2n) is 5.17. The third-order valence-electron chi connectivity index (χ3n) is 3.60. The fourth-order valence-corrected chi connectivity index (χ4v) is 2.30. The summed E-state index contributed by atoms with van der Waals surface area (Å²) < 4.78 is 0. The molecule has 0 radical (unpaired) electrons.